The van der Waals surface area contributed by atoms with Gasteiger partial charge in [-0.1, -0.05) is 13.8 Å². The summed E-state index contributed by atoms with van der Waals surface area (Å²) in [6.45, 7) is 8.46. The molecule has 2 rings (SSSR count). The van der Waals surface area contributed by atoms with Crippen molar-refractivity contribution in [2.75, 3.05) is 6.54 Å². The van der Waals surface area contributed by atoms with E-state index in [1.165, 1.54) is 11.3 Å². The summed E-state index contributed by atoms with van der Waals surface area (Å²) in [4.78, 5) is 9.30. The molecule has 1 aromatic heterocycles. The van der Waals surface area contributed by atoms with Crippen LogP contribution in [0.4, 0.5) is 0 Å². The number of fused-ring (bicyclic) bond motifs is 1. The number of hydrogen-bond acceptors (Lipinski definition) is 3. The first kappa shape index (κ1) is 10.6. The third-order valence-electron chi connectivity index (χ3n) is 3.21. The van der Waals surface area contributed by atoms with Crippen LogP contribution < -0.4 is 5.32 Å². The molecule has 1 aliphatic heterocycles. The molecule has 1 aliphatic rings. The van der Waals surface area contributed by atoms with Gasteiger partial charge in [0.25, 0.3) is 0 Å². The first-order chi connectivity index (χ1) is 7.22. The highest BCUT2D eigenvalue weighted by molar-refractivity contribution is 5.27. The number of aryl methyl sites for hydroxylation is 1. The SMILES string of the molecule is CCC(C)c1nc(C)c2c(n1)CCNC2. The van der Waals surface area contributed by atoms with Crippen molar-refractivity contribution < 1.29 is 0 Å². The zero-order chi connectivity index (χ0) is 10.8. The van der Waals surface area contributed by atoms with Crippen LogP contribution in [0, 0.1) is 6.92 Å². The van der Waals surface area contributed by atoms with E-state index >= 15 is 0 Å². The monoisotopic (exact) mass is 205 g/mol. The molecule has 82 valence electrons. The maximum atomic E-state index is 4.69. The molecule has 0 aromatic carbocycles. The molecule has 0 amide bonds. The van der Waals surface area contributed by atoms with Crippen LogP contribution in [0.3, 0.4) is 0 Å². The second-order valence-corrected chi connectivity index (χ2v) is 4.33. The standard InChI is InChI=1S/C12H19N3/c1-4-8(2)12-14-9(3)10-7-13-6-5-11(10)15-12/h8,13H,4-7H2,1-3H3. The van der Waals surface area contributed by atoms with E-state index in [0.29, 0.717) is 5.92 Å². The third-order valence-corrected chi connectivity index (χ3v) is 3.21. The predicted molar refractivity (Wildman–Crippen MR) is 60.9 cm³/mol. The number of aromatic nitrogens is 2. The van der Waals surface area contributed by atoms with Crippen LogP contribution in [0.1, 0.15) is 49.0 Å². The molecule has 15 heavy (non-hydrogen) atoms. The van der Waals surface area contributed by atoms with E-state index in [9.17, 15) is 0 Å². The van der Waals surface area contributed by atoms with E-state index in [1.54, 1.807) is 0 Å². The topological polar surface area (TPSA) is 37.8 Å². The molecule has 1 atom stereocenters. The molecule has 0 fully saturated rings. The highest BCUT2D eigenvalue weighted by Crippen LogP contribution is 2.20. The molecule has 3 heteroatoms. The molecule has 0 saturated heterocycles. The van der Waals surface area contributed by atoms with Gasteiger partial charge in [0.05, 0.1) is 5.69 Å². The van der Waals surface area contributed by atoms with Gasteiger partial charge in [-0.25, -0.2) is 9.97 Å². The summed E-state index contributed by atoms with van der Waals surface area (Å²) in [5, 5.41) is 3.36. The molecule has 1 N–H and O–H groups in total. The van der Waals surface area contributed by atoms with E-state index in [0.717, 1.165) is 37.4 Å². The Morgan fingerprint density at radius 3 is 2.93 bits per heavy atom. The van der Waals surface area contributed by atoms with Gasteiger partial charge in [0.1, 0.15) is 5.82 Å². The Kier molecular flexibility index (Phi) is 3.00. The van der Waals surface area contributed by atoms with Crippen molar-refractivity contribution >= 4 is 0 Å². The maximum Gasteiger partial charge on any atom is 0.131 e. The normalized spacial score (nSPS) is 17.3. The van der Waals surface area contributed by atoms with E-state index in [4.69, 9.17) is 4.98 Å². The summed E-state index contributed by atoms with van der Waals surface area (Å²) in [6.07, 6.45) is 2.15. The van der Waals surface area contributed by atoms with E-state index < -0.39 is 0 Å². The Hall–Kier alpha value is -0.960. The number of nitrogens with one attached hydrogen (secondary N) is 1. The Morgan fingerprint density at radius 1 is 1.40 bits per heavy atom. The van der Waals surface area contributed by atoms with Crippen molar-refractivity contribution in [1.29, 1.82) is 0 Å². The van der Waals surface area contributed by atoms with Gasteiger partial charge in [0, 0.05) is 36.7 Å². The average molecular weight is 205 g/mol. The molecule has 0 aliphatic carbocycles. The van der Waals surface area contributed by atoms with Crippen LogP contribution in [-0.2, 0) is 13.0 Å². The maximum absolute atomic E-state index is 4.69. The fraction of sp³-hybridized carbons (Fsp3) is 0.667. The lowest BCUT2D eigenvalue weighted by atomic mass is 10.0. The lowest BCUT2D eigenvalue weighted by Gasteiger charge is -2.20. The summed E-state index contributed by atoms with van der Waals surface area (Å²) in [6, 6.07) is 0. The lowest BCUT2D eigenvalue weighted by molar-refractivity contribution is 0.597. The second kappa shape index (κ2) is 4.27. The van der Waals surface area contributed by atoms with E-state index in [-0.39, 0.29) is 0 Å². The first-order valence-electron chi connectivity index (χ1n) is 5.79. The largest absolute Gasteiger partial charge is 0.312 e. The van der Waals surface area contributed by atoms with Crippen molar-refractivity contribution in [3.8, 4) is 0 Å². The fourth-order valence-corrected chi connectivity index (χ4v) is 1.94. The van der Waals surface area contributed by atoms with Crippen molar-refractivity contribution in [3.05, 3.63) is 22.8 Å². The summed E-state index contributed by atoms with van der Waals surface area (Å²) in [5.41, 5.74) is 3.73. The molecule has 3 nitrogen and oxygen atoms in total. The van der Waals surface area contributed by atoms with Crippen molar-refractivity contribution in [2.45, 2.75) is 46.1 Å². The minimum Gasteiger partial charge on any atom is -0.312 e. The molecular formula is C12H19N3. The van der Waals surface area contributed by atoms with Crippen molar-refractivity contribution in [3.63, 3.8) is 0 Å². The van der Waals surface area contributed by atoms with Gasteiger partial charge < -0.3 is 5.32 Å². The van der Waals surface area contributed by atoms with Crippen molar-refractivity contribution in [2.24, 2.45) is 0 Å². The zero-order valence-electron chi connectivity index (χ0n) is 9.80. The molecule has 0 saturated carbocycles. The molecule has 1 aromatic rings. The van der Waals surface area contributed by atoms with Gasteiger partial charge in [-0.15, -0.1) is 0 Å². The van der Waals surface area contributed by atoms with Gasteiger partial charge in [-0.2, -0.15) is 0 Å². The lowest BCUT2D eigenvalue weighted by Crippen LogP contribution is -2.26. The quantitative estimate of drug-likeness (QED) is 0.802. The van der Waals surface area contributed by atoms with Gasteiger partial charge in [-0.3, -0.25) is 0 Å². The zero-order valence-corrected chi connectivity index (χ0v) is 9.80. The first-order valence-corrected chi connectivity index (χ1v) is 5.79. The van der Waals surface area contributed by atoms with E-state index in [1.807, 2.05) is 0 Å². The summed E-state index contributed by atoms with van der Waals surface area (Å²) in [5.74, 6) is 1.50. The number of rotatable bonds is 2. The predicted octanol–water partition coefficient (Wildman–Crippen LogP) is 1.94. The highest BCUT2D eigenvalue weighted by atomic mass is 15.0. The fourth-order valence-electron chi connectivity index (χ4n) is 1.94. The average Bonchev–Trinajstić information content (AvgIpc) is 2.28. The van der Waals surface area contributed by atoms with Gasteiger partial charge in [0.15, 0.2) is 0 Å². The summed E-state index contributed by atoms with van der Waals surface area (Å²) < 4.78 is 0. The van der Waals surface area contributed by atoms with Crippen LogP contribution in [0.2, 0.25) is 0 Å². The third kappa shape index (κ3) is 2.02. The van der Waals surface area contributed by atoms with Gasteiger partial charge >= 0.3 is 0 Å². The number of nitrogens with zero attached hydrogens (tertiary/aromatic N) is 2. The van der Waals surface area contributed by atoms with Crippen LogP contribution >= 0.6 is 0 Å². The van der Waals surface area contributed by atoms with Gasteiger partial charge in [0.2, 0.25) is 0 Å². The van der Waals surface area contributed by atoms with Crippen LogP contribution in [0.25, 0.3) is 0 Å². The van der Waals surface area contributed by atoms with Crippen LogP contribution in [-0.4, -0.2) is 16.5 Å². The minimum absolute atomic E-state index is 0.476. The Balaban J connectivity index is 2.40. The Bertz CT molecular complexity index is 360. The number of hydrogen-bond donors (Lipinski definition) is 1. The minimum atomic E-state index is 0.476. The molecule has 0 radical (unpaired) electrons. The molecule has 0 bridgehead atoms. The second-order valence-electron chi connectivity index (χ2n) is 4.33. The van der Waals surface area contributed by atoms with Gasteiger partial charge in [-0.05, 0) is 13.3 Å². The van der Waals surface area contributed by atoms with Crippen LogP contribution in [0.5, 0.6) is 0 Å². The van der Waals surface area contributed by atoms with Crippen LogP contribution in [0.15, 0.2) is 0 Å². The summed E-state index contributed by atoms with van der Waals surface area (Å²) in [7, 11) is 0. The molecular weight excluding hydrogens is 186 g/mol. The molecule has 0 spiro atoms. The van der Waals surface area contributed by atoms with Crippen molar-refractivity contribution in [1.82, 2.24) is 15.3 Å². The van der Waals surface area contributed by atoms with E-state index in [2.05, 4.69) is 31.1 Å². The Morgan fingerprint density at radius 2 is 2.20 bits per heavy atom. The highest BCUT2D eigenvalue weighted by Gasteiger charge is 2.16. The summed E-state index contributed by atoms with van der Waals surface area (Å²) >= 11 is 0. The molecule has 1 unspecified atom stereocenters. The Labute approximate surface area is 91.3 Å². The smallest absolute Gasteiger partial charge is 0.131 e. The molecule has 2 heterocycles.